The Morgan fingerprint density at radius 3 is 0.898 bits per heavy atom. The maximum absolute atomic E-state index is 11.7. The number of benzene rings is 2. The summed E-state index contributed by atoms with van der Waals surface area (Å²) in [6.45, 7) is 4.05. The van der Waals surface area contributed by atoms with Crippen LogP contribution in [0.3, 0.4) is 0 Å². The van der Waals surface area contributed by atoms with E-state index in [1.165, 1.54) is 0 Å². The number of rotatable bonds is 10. The van der Waals surface area contributed by atoms with Crippen LogP contribution in [-0.2, 0) is 9.59 Å². The first-order chi connectivity index (χ1) is 22.6. The van der Waals surface area contributed by atoms with Gasteiger partial charge in [0, 0.05) is 75.2 Å². The Morgan fingerprint density at radius 1 is 0.531 bits per heavy atom. The number of carbonyl (C=O) groups is 6. The Labute approximate surface area is 383 Å². The van der Waals surface area contributed by atoms with Gasteiger partial charge in [0.15, 0.2) is 0 Å². The third-order valence-corrected chi connectivity index (χ3v) is 16.5. The predicted octanol–water partition coefficient (Wildman–Crippen LogP) is 7.34. The quantitative estimate of drug-likeness (QED) is 0.0509. The minimum absolute atomic E-state index is 0.166. The standard InChI is InChI=1S/2C8H4Cl2I3N3O2.C8H16O4Si/c2*9-15-7(17)1-3(11)2(8(18)16-10)5(13)6(14)4(1)12;1-13(2,5-3-7(9)10)6-4-8(11)12/h2*14H2,(H,15,17)(H,16,18);3-6H2,1-2H3,(H,9,10)(H,11,12). The maximum atomic E-state index is 11.7. The number of amides is 4. The summed E-state index contributed by atoms with van der Waals surface area (Å²) in [5.41, 5.74) is 13.4. The molecule has 2 aromatic rings. The van der Waals surface area contributed by atoms with Crippen LogP contribution in [0.4, 0.5) is 11.4 Å². The smallest absolute Gasteiger partial charge is 0.303 e. The van der Waals surface area contributed by atoms with Crippen LogP contribution >= 0.6 is 183 Å². The van der Waals surface area contributed by atoms with Crippen molar-refractivity contribution in [3.8, 4) is 0 Å². The molecule has 0 aliphatic heterocycles. The second-order valence-corrected chi connectivity index (χ2v) is 22.4. The fourth-order valence-electron chi connectivity index (χ4n) is 3.37. The Morgan fingerprint density at radius 2 is 0.735 bits per heavy atom. The molecule has 0 saturated carbocycles. The molecule has 0 aromatic heterocycles. The van der Waals surface area contributed by atoms with Gasteiger partial charge >= 0.3 is 11.9 Å². The molecule has 49 heavy (non-hydrogen) atoms. The molecule has 4 amide bonds. The van der Waals surface area contributed by atoms with E-state index in [9.17, 15) is 28.8 Å². The van der Waals surface area contributed by atoms with Gasteiger partial charge in [-0.25, -0.2) is 0 Å². The van der Waals surface area contributed by atoms with E-state index >= 15 is 0 Å². The van der Waals surface area contributed by atoms with Crippen molar-refractivity contribution in [2.24, 2.45) is 0 Å². The molecule has 14 nitrogen and oxygen atoms in total. The molecule has 0 unspecified atom stereocenters. The van der Waals surface area contributed by atoms with Crippen LogP contribution in [-0.4, -0.2) is 53.9 Å². The number of anilines is 2. The van der Waals surface area contributed by atoms with Crippen LogP contribution in [0.25, 0.3) is 0 Å². The molecule has 0 atom stereocenters. The van der Waals surface area contributed by atoms with Crippen molar-refractivity contribution < 1.29 is 39.0 Å². The molecule has 0 bridgehead atoms. The topological polar surface area (TPSA) is 243 Å². The van der Waals surface area contributed by atoms with E-state index in [1.54, 1.807) is 0 Å². The lowest BCUT2D eigenvalue weighted by molar-refractivity contribution is -0.137. The second-order valence-electron chi connectivity index (χ2n) is 9.86. The molecule has 2 aromatic carbocycles. The number of hydrogen-bond acceptors (Lipinski definition) is 8. The summed E-state index contributed by atoms with van der Waals surface area (Å²) < 4.78 is 3.01. The van der Waals surface area contributed by atoms with Gasteiger partial charge in [0.25, 0.3) is 23.6 Å². The molecule has 10 N–H and O–H groups in total. The monoisotopic (exact) mass is 1450 g/mol. The van der Waals surface area contributed by atoms with Crippen molar-refractivity contribution in [1.82, 2.24) is 19.3 Å². The molecule has 0 spiro atoms. The van der Waals surface area contributed by atoms with Crippen molar-refractivity contribution in [3.05, 3.63) is 43.7 Å². The fourth-order valence-corrected chi connectivity index (χ4v) is 14.1. The van der Waals surface area contributed by atoms with Gasteiger partial charge in [-0.05, 0) is 148 Å². The molecular weight excluding hydrogens is 1430 g/mol. The number of halogens is 10. The van der Waals surface area contributed by atoms with Gasteiger partial charge in [0.05, 0.1) is 47.9 Å². The van der Waals surface area contributed by atoms with Gasteiger partial charge in [0.2, 0.25) is 0 Å². The summed E-state index contributed by atoms with van der Waals surface area (Å²) in [7, 11) is -1.59. The fraction of sp³-hybridized carbons (Fsp3) is 0.250. The molecule has 0 aliphatic carbocycles. The van der Waals surface area contributed by atoms with Crippen LogP contribution in [0.2, 0.25) is 25.2 Å². The summed E-state index contributed by atoms with van der Waals surface area (Å²) in [6.07, 6.45) is 0.331. The lowest BCUT2D eigenvalue weighted by atomic mass is 10.1. The highest BCUT2D eigenvalue weighted by molar-refractivity contribution is 14.1. The number of hydrogen-bond donors (Lipinski definition) is 8. The molecular formula is C24H24Cl4I6N6O8Si. The SMILES string of the molecule is C[Si](C)(CCC(=O)O)CCC(=O)O.Nc1c(I)c(C(=O)NCl)c(I)c(C(=O)NCl)c1I.Nc1c(I)c(C(=O)NCl)c(I)c(C(=O)NCl)c1I. The first-order valence-corrected chi connectivity index (χ1v) is 24.0. The summed E-state index contributed by atoms with van der Waals surface area (Å²) in [4.78, 5) is 75.4. The number of carboxylic acid groups (broad SMARTS) is 2. The summed E-state index contributed by atoms with van der Waals surface area (Å²) in [6, 6.07) is 1.32. The molecule has 0 saturated heterocycles. The molecule has 0 radical (unpaired) electrons. The van der Waals surface area contributed by atoms with Crippen molar-refractivity contribution >= 4 is 238 Å². The van der Waals surface area contributed by atoms with Crippen LogP contribution in [0, 0.1) is 21.4 Å². The van der Waals surface area contributed by atoms with Crippen LogP contribution in [0.15, 0.2) is 0 Å². The number of nitrogen functional groups attached to an aromatic ring is 2. The summed E-state index contributed by atoms with van der Waals surface area (Å²) >= 11 is 32.7. The minimum atomic E-state index is -1.59. The third kappa shape index (κ3) is 14.8. The molecule has 0 aliphatic rings. The van der Waals surface area contributed by atoms with Crippen molar-refractivity contribution in [1.29, 1.82) is 0 Å². The molecule has 0 heterocycles. The third-order valence-electron chi connectivity index (χ3n) is 5.98. The molecule has 25 heteroatoms. The van der Waals surface area contributed by atoms with E-state index in [4.69, 9.17) is 68.8 Å². The number of nitrogens with one attached hydrogen (secondary N) is 4. The maximum Gasteiger partial charge on any atom is 0.303 e. The van der Waals surface area contributed by atoms with E-state index < -0.39 is 43.6 Å². The van der Waals surface area contributed by atoms with Gasteiger partial charge in [-0.1, -0.05) is 13.1 Å². The van der Waals surface area contributed by atoms with Gasteiger partial charge in [-0.3, -0.25) is 48.1 Å². The number of aliphatic carboxylic acids is 2. The highest BCUT2D eigenvalue weighted by atomic mass is 127. The highest BCUT2D eigenvalue weighted by Crippen LogP contribution is 2.35. The molecule has 272 valence electrons. The average molecular weight is 1460 g/mol. The summed E-state index contributed by atoms with van der Waals surface area (Å²) in [5.74, 6) is -3.71. The van der Waals surface area contributed by atoms with Crippen molar-refractivity contribution in [2.75, 3.05) is 11.5 Å². The van der Waals surface area contributed by atoms with E-state index in [0.29, 0.717) is 44.9 Å². The van der Waals surface area contributed by atoms with Crippen LogP contribution < -0.4 is 30.8 Å². The predicted molar refractivity (Wildman–Crippen MR) is 243 cm³/mol. The lowest BCUT2D eigenvalue weighted by Crippen LogP contribution is -2.26. The normalized spacial score (nSPS) is 10.4. The highest BCUT2D eigenvalue weighted by Gasteiger charge is 2.28. The average Bonchev–Trinajstić information content (AvgIpc) is 3.04. The van der Waals surface area contributed by atoms with Crippen molar-refractivity contribution in [2.45, 2.75) is 38.0 Å². The summed E-state index contributed by atoms with van der Waals surface area (Å²) in [5, 5.41) is 16.9. The van der Waals surface area contributed by atoms with E-state index in [-0.39, 0.29) is 35.1 Å². The zero-order chi connectivity index (χ0) is 38.5. The van der Waals surface area contributed by atoms with Gasteiger partial charge < -0.3 is 21.7 Å². The number of carboxylic acids is 2. The van der Waals surface area contributed by atoms with Gasteiger partial charge in [-0.2, -0.15) is 0 Å². The van der Waals surface area contributed by atoms with Gasteiger partial charge in [-0.15, -0.1) is 0 Å². The number of carbonyl (C=O) groups excluding carboxylic acids is 4. The molecule has 2 rings (SSSR count). The first kappa shape index (κ1) is 49.6. The van der Waals surface area contributed by atoms with Crippen LogP contribution in [0.1, 0.15) is 54.3 Å². The Kier molecular flexibility index (Phi) is 23.7. The number of nitrogens with two attached hydrogens (primary N) is 2. The zero-order valence-electron chi connectivity index (χ0n) is 24.6. The lowest BCUT2D eigenvalue weighted by Gasteiger charge is -2.19. The Hall–Kier alpha value is 0.617. The van der Waals surface area contributed by atoms with Gasteiger partial charge in [0.1, 0.15) is 0 Å². The Balaban J connectivity index is 0.000000717. The van der Waals surface area contributed by atoms with E-state index in [0.717, 1.165) is 0 Å². The van der Waals surface area contributed by atoms with Crippen molar-refractivity contribution in [3.63, 3.8) is 0 Å². The second kappa shape index (κ2) is 23.4. The zero-order valence-corrected chi connectivity index (χ0v) is 41.6. The van der Waals surface area contributed by atoms with E-state index in [2.05, 4.69) is 0 Å². The minimum Gasteiger partial charge on any atom is -0.481 e. The molecule has 0 fully saturated rings. The first-order valence-electron chi connectivity index (χ1n) is 12.6. The largest absolute Gasteiger partial charge is 0.481 e. The van der Waals surface area contributed by atoms with Crippen LogP contribution in [0.5, 0.6) is 0 Å². The Bertz CT molecular complexity index is 1440. The van der Waals surface area contributed by atoms with E-state index in [1.807, 2.05) is 168 Å².